The van der Waals surface area contributed by atoms with Crippen LogP contribution in [0.15, 0.2) is 279 Å². The molecule has 0 atom stereocenters. The fraction of sp³-hybridized carbons (Fsp3) is 0. The van der Waals surface area contributed by atoms with Crippen LogP contribution in [0.2, 0.25) is 0 Å². The molecule has 0 saturated heterocycles. The zero-order valence-electron chi connectivity index (χ0n) is 41.3. The molecule has 16 rings (SSSR count). The molecule has 12 aromatic carbocycles. The number of fused-ring (bicyclic) bond motifs is 12. The van der Waals surface area contributed by atoms with E-state index in [1.165, 1.54) is 121 Å². The molecule has 0 aliphatic rings. The van der Waals surface area contributed by atoms with Crippen LogP contribution in [-0.4, -0.2) is 18.3 Å². The number of hydrogen-bond acceptors (Lipinski definition) is 0. The molecule has 4 heteroatoms. The highest BCUT2D eigenvalue weighted by molar-refractivity contribution is 6.16. The number of rotatable bonds is 7. The van der Waals surface area contributed by atoms with Crippen molar-refractivity contribution in [3.8, 4) is 56.1 Å². The summed E-state index contributed by atoms with van der Waals surface area (Å²) in [6, 6.07) is 103. The number of benzene rings is 12. The Morgan fingerprint density at radius 1 is 0.145 bits per heavy atom. The summed E-state index contributed by atoms with van der Waals surface area (Å²) in [4.78, 5) is 0. The fourth-order valence-corrected chi connectivity index (χ4v) is 12.5. The Bertz CT molecular complexity index is 4640. The van der Waals surface area contributed by atoms with Gasteiger partial charge in [-0.3, -0.25) is 0 Å². The maximum Gasteiger partial charge on any atom is 0.0541 e. The normalized spacial score (nSPS) is 11.9. The van der Waals surface area contributed by atoms with Crippen molar-refractivity contribution in [1.82, 2.24) is 18.3 Å². The Morgan fingerprint density at radius 3 is 0.566 bits per heavy atom. The topological polar surface area (TPSA) is 19.7 Å². The van der Waals surface area contributed by atoms with Crippen LogP contribution in [0.3, 0.4) is 0 Å². The second kappa shape index (κ2) is 16.7. The molecule has 4 aromatic heterocycles. The van der Waals surface area contributed by atoms with Crippen molar-refractivity contribution >= 4 is 87.2 Å². The maximum absolute atomic E-state index is 2.42. The van der Waals surface area contributed by atoms with Crippen molar-refractivity contribution in [3.05, 3.63) is 279 Å². The minimum Gasteiger partial charge on any atom is -0.309 e. The number of para-hydroxylation sites is 6. The van der Waals surface area contributed by atoms with Gasteiger partial charge in [-0.15, -0.1) is 0 Å². The summed E-state index contributed by atoms with van der Waals surface area (Å²) in [6.07, 6.45) is 0. The first-order chi connectivity index (χ1) is 37.7. The Balaban J connectivity index is 0.863. The molecule has 0 bridgehead atoms. The van der Waals surface area contributed by atoms with Crippen molar-refractivity contribution < 1.29 is 0 Å². The van der Waals surface area contributed by atoms with E-state index in [0.717, 1.165) is 22.7 Å². The lowest BCUT2D eigenvalue weighted by Gasteiger charge is -2.09. The van der Waals surface area contributed by atoms with Crippen LogP contribution in [0.4, 0.5) is 0 Å². The van der Waals surface area contributed by atoms with Crippen molar-refractivity contribution in [2.45, 2.75) is 0 Å². The molecule has 0 unspecified atom stereocenters. The summed E-state index contributed by atoms with van der Waals surface area (Å²) in [6.45, 7) is 0. The molecular formula is C72H46N4. The molecule has 4 nitrogen and oxygen atoms in total. The monoisotopic (exact) mass is 966 g/mol. The fourth-order valence-electron chi connectivity index (χ4n) is 12.5. The first kappa shape index (κ1) is 42.4. The molecular weight excluding hydrogens is 921 g/mol. The van der Waals surface area contributed by atoms with Gasteiger partial charge in [-0.1, -0.05) is 146 Å². The highest BCUT2D eigenvalue weighted by Crippen LogP contribution is 2.43. The van der Waals surface area contributed by atoms with E-state index >= 15 is 0 Å². The van der Waals surface area contributed by atoms with Crippen LogP contribution in [-0.2, 0) is 0 Å². The molecule has 0 spiro atoms. The summed E-state index contributed by atoms with van der Waals surface area (Å²) in [5, 5.41) is 9.88. The summed E-state index contributed by atoms with van der Waals surface area (Å²) < 4.78 is 9.61. The molecule has 0 saturated carbocycles. The lowest BCUT2D eigenvalue weighted by atomic mass is 9.98. The van der Waals surface area contributed by atoms with Crippen LogP contribution in [0.25, 0.3) is 143 Å². The molecule has 0 aliphatic heterocycles. The van der Waals surface area contributed by atoms with Gasteiger partial charge in [0.1, 0.15) is 0 Å². The molecule has 0 N–H and O–H groups in total. The summed E-state index contributed by atoms with van der Waals surface area (Å²) in [5.41, 5.74) is 21.3. The molecule has 4 heterocycles. The van der Waals surface area contributed by atoms with E-state index in [9.17, 15) is 0 Å². The first-order valence-corrected chi connectivity index (χ1v) is 26.2. The van der Waals surface area contributed by atoms with Crippen molar-refractivity contribution in [3.63, 3.8) is 0 Å². The predicted octanol–water partition coefficient (Wildman–Crippen LogP) is 19.1. The van der Waals surface area contributed by atoms with Crippen LogP contribution in [0, 0.1) is 0 Å². The Morgan fingerprint density at radius 2 is 0.329 bits per heavy atom. The Kier molecular flexibility index (Phi) is 9.30. The second-order valence-electron chi connectivity index (χ2n) is 20.1. The van der Waals surface area contributed by atoms with Gasteiger partial charge in [0.25, 0.3) is 0 Å². The number of nitrogens with zero attached hydrogens (tertiary/aromatic N) is 4. The van der Waals surface area contributed by atoms with Gasteiger partial charge in [0, 0.05) is 65.8 Å². The van der Waals surface area contributed by atoms with Crippen molar-refractivity contribution in [2.24, 2.45) is 0 Å². The minimum atomic E-state index is 1.14. The molecule has 16 aromatic rings. The zero-order chi connectivity index (χ0) is 49.8. The largest absolute Gasteiger partial charge is 0.309 e. The van der Waals surface area contributed by atoms with Gasteiger partial charge in [-0.2, -0.15) is 0 Å². The van der Waals surface area contributed by atoms with Crippen LogP contribution in [0.1, 0.15) is 0 Å². The highest BCUT2D eigenvalue weighted by Gasteiger charge is 2.20. The lowest BCUT2D eigenvalue weighted by molar-refractivity contribution is 1.18. The molecule has 0 fully saturated rings. The van der Waals surface area contributed by atoms with Crippen LogP contribution >= 0.6 is 0 Å². The Labute approximate surface area is 438 Å². The number of hydrogen-bond donors (Lipinski definition) is 0. The molecule has 354 valence electrons. The van der Waals surface area contributed by atoms with E-state index in [-0.39, 0.29) is 0 Å². The molecule has 0 radical (unpaired) electrons. The smallest absolute Gasteiger partial charge is 0.0541 e. The minimum absolute atomic E-state index is 1.14. The standard InChI is InChI=1S/C72H46N4/c1-5-17-53(18-6-1)73-65-27-15-13-25-57(65)59-41-47(29-35-67(59)73)49-31-37-69-61(43-49)63-45-51(33-39-71(63)75(69)55-21-9-3-10-22-55)52-34-40-72-64(46-52)62-44-50(32-38-70(62)76(72)56-23-11-4-12-24-56)48-30-36-68-60(42-48)58-26-14-16-28-66(58)74(68)54-19-7-2-8-20-54/h1-46H. The van der Waals surface area contributed by atoms with Gasteiger partial charge in [0.05, 0.1) is 44.1 Å². The first-order valence-electron chi connectivity index (χ1n) is 26.2. The van der Waals surface area contributed by atoms with Gasteiger partial charge >= 0.3 is 0 Å². The number of aromatic nitrogens is 4. The second-order valence-corrected chi connectivity index (χ2v) is 20.1. The van der Waals surface area contributed by atoms with Gasteiger partial charge < -0.3 is 18.3 Å². The third-order valence-corrected chi connectivity index (χ3v) is 15.9. The summed E-state index contributed by atoms with van der Waals surface area (Å²) >= 11 is 0. The zero-order valence-corrected chi connectivity index (χ0v) is 41.3. The summed E-state index contributed by atoms with van der Waals surface area (Å²) in [5.74, 6) is 0. The SMILES string of the molecule is c1ccc(-n2c3ccccc3c3cc(-c4ccc5c(c4)c4cc(-c6ccc7c(c6)c6cc(-c8ccc9c(c8)c8ccccc8n9-c8ccccc8)ccc6n7-c6ccccc6)ccc4n5-c4ccccc4)ccc32)cc1. The molecule has 76 heavy (non-hydrogen) atoms. The third-order valence-electron chi connectivity index (χ3n) is 15.9. The van der Waals surface area contributed by atoms with E-state index < -0.39 is 0 Å². The molecule has 0 amide bonds. The van der Waals surface area contributed by atoms with Gasteiger partial charge in [0.15, 0.2) is 0 Å². The van der Waals surface area contributed by atoms with Gasteiger partial charge in [-0.25, -0.2) is 0 Å². The van der Waals surface area contributed by atoms with Crippen molar-refractivity contribution in [2.75, 3.05) is 0 Å². The highest BCUT2D eigenvalue weighted by atomic mass is 15.0. The van der Waals surface area contributed by atoms with E-state index in [4.69, 9.17) is 0 Å². The molecule has 0 aliphatic carbocycles. The summed E-state index contributed by atoms with van der Waals surface area (Å²) in [7, 11) is 0. The van der Waals surface area contributed by atoms with Crippen molar-refractivity contribution in [1.29, 1.82) is 0 Å². The van der Waals surface area contributed by atoms with E-state index in [1.807, 2.05) is 0 Å². The average Bonchev–Trinajstić information content (AvgIpc) is 4.22. The van der Waals surface area contributed by atoms with E-state index in [0.29, 0.717) is 0 Å². The van der Waals surface area contributed by atoms with Crippen LogP contribution in [0.5, 0.6) is 0 Å². The van der Waals surface area contributed by atoms with Gasteiger partial charge in [-0.05, 0) is 167 Å². The lowest BCUT2D eigenvalue weighted by Crippen LogP contribution is -1.93. The van der Waals surface area contributed by atoms with E-state index in [2.05, 4.69) is 297 Å². The van der Waals surface area contributed by atoms with Crippen LogP contribution < -0.4 is 0 Å². The maximum atomic E-state index is 2.42. The quantitative estimate of drug-likeness (QED) is 0.152. The Hall–Kier alpha value is -10.2. The third kappa shape index (κ3) is 6.44. The predicted molar refractivity (Wildman–Crippen MR) is 320 cm³/mol. The average molecular weight is 967 g/mol. The van der Waals surface area contributed by atoms with Gasteiger partial charge in [0.2, 0.25) is 0 Å². The van der Waals surface area contributed by atoms with E-state index in [1.54, 1.807) is 0 Å².